The highest BCUT2D eigenvalue weighted by Gasteiger charge is 2.20. The van der Waals surface area contributed by atoms with Crippen molar-refractivity contribution in [2.45, 2.75) is 18.9 Å². The summed E-state index contributed by atoms with van der Waals surface area (Å²) in [6, 6.07) is 0. The monoisotopic (exact) mass is 173 g/mol. The summed E-state index contributed by atoms with van der Waals surface area (Å²) in [6.07, 6.45) is 2.30. The van der Waals surface area contributed by atoms with Gasteiger partial charge in [0.15, 0.2) is 0 Å². The van der Waals surface area contributed by atoms with E-state index in [9.17, 15) is 4.79 Å². The Balaban J connectivity index is 2.30. The van der Waals surface area contributed by atoms with Gasteiger partial charge in [-0.2, -0.15) is 0 Å². The highest BCUT2D eigenvalue weighted by atomic mass is 16.5. The van der Waals surface area contributed by atoms with Crippen LogP contribution in [0, 0.1) is 0 Å². The molecular weight excluding hydrogens is 158 g/mol. The van der Waals surface area contributed by atoms with Gasteiger partial charge in [0, 0.05) is 13.7 Å². The van der Waals surface area contributed by atoms with Crippen LogP contribution in [0.15, 0.2) is 0 Å². The molecule has 4 nitrogen and oxygen atoms in total. The molecule has 1 N–H and O–H groups in total. The summed E-state index contributed by atoms with van der Waals surface area (Å²) in [5.74, 6) is -0.758. The lowest BCUT2D eigenvalue weighted by Crippen LogP contribution is -2.41. The third-order valence-corrected chi connectivity index (χ3v) is 2.15. The number of ether oxygens (including phenoxy) is 1. The highest BCUT2D eigenvalue weighted by Crippen LogP contribution is 2.11. The maximum atomic E-state index is 10.4. The fraction of sp³-hybridized carbons (Fsp3) is 0.875. The van der Waals surface area contributed by atoms with Crippen molar-refractivity contribution >= 4 is 5.97 Å². The topological polar surface area (TPSA) is 49.8 Å². The predicted octanol–water partition coefficient (Wildman–Crippen LogP) is 0.182. The molecule has 1 aliphatic heterocycles. The van der Waals surface area contributed by atoms with Crippen LogP contribution in [0.5, 0.6) is 0 Å². The van der Waals surface area contributed by atoms with Crippen LogP contribution in [-0.4, -0.2) is 48.8 Å². The zero-order valence-corrected chi connectivity index (χ0v) is 7.32. The van der Waals surface area contributed by atoms with Crippen LogP contribution in [0.4, 0.5) is 0 Å². The van der Waals surface area contributed by atoms with Gasteiger partial charge < -0.3 is 9.84 Å². The number of piperidine rings is 1. The van der Waals surface area contributed by atoms with Gasteiger partial charge in [-0.3, -0.25) is 9.69 Å². The number of hydrogen-bond donors (Lipinski definition) is 1. The van der Waals surface area contributed by atoms with Gasteiger partial charge in [0.25, 0.3) is 0 Å². The van der Waals surface area contributed by atoms with E-state index >= 15 is 0 Å². The number of carbonyl (C=O) groups is 1. The third-order valence-electron chi connectivity index (χ3n) is 2.15. The first kappa shape index (κ1) is 9.48. The second kappa shape index (κ2) is 4.42. The van der Waals surface area contributed by atoms with Gasteiger partial charge in [0.05, 0.1) is 12.6 Å². The zero-order chi connectivity index (χ0) is 8.97. The van der Waals surface area contributed by atoms with E-state index in [0.29, 0.717) is 0 Å². The van der Waals surface area contributed by atoms with E-state index in [1.165, 1.54) is 0 Å². The van der Waals surface area contributed by atoms with Crippen LogP contribution in [0.3, 0.4) is 0 Å². The van der Waals surface area contributed by atoms with Gasteiger partial charge in [-0.15, -0.1) is 0 Å². The first-order chi connectivity index (χ1) is 5.72. The lowest BCUT2D eigenvalue weighted by Gasteiger charge is -2.30. The van der Waals surface area contributed by atoms with E-state index in [2.05, 4.69) is 0 Å². The molecule has 1 heterocycles. The van der Waals surface area contributed by atoms with Gasteiger partial charge >= 0.3 is 5.97 Å². The van der Waals surface area contributed by atoms with E-state index in [-0.39, 0.29) is 12.6 Å². The number of aliphatic carboxylic acids is 1. The number of rotatable bonds is 3. The summed E-state index contributed by atoms with van der Waals surface area (Å²) in [5.41, 5.74) is 0. The Morgan fingerprint density at radius 1 is 1.75 bits per heavy atom. The SMILES string of the molecule is CO[C@@H]1CCCN(CC(=O)O)C1. The highest BCUT2D eigenvalue weighted by molar-refractivity contribution is 5.69. The van der Waals surface area contributed by atoms with Crippen molar-refractivity contribution in [1.29, 1.82) is 0 Å². The maximum absolute atomic E-state index is 10.4. The van der Waals surface area contributed by atoms with Crippen LogP contribution >= 0.6 is 0 Å². The first-order valence-corrected chi connectivity index (χ1v) is 4.19. The molecule has 0 amide bonds. The molecule has 0 spiro atoms. The molecule has 1 rings (SSSR count). The minimum absolute atomic E-state index is 0.139. The smallest absolute Gasteiger partial charge is 0.317 e. The number of likely N-dealkylation sites (tertiary alicyclic amines) is 1. The van der Waals surface area contributed by atoms with Crippen molar-refractivity contribution < 1.29 is 14.6 Å². The third kappa shape index (κ3) is 2.79. The fourth-order valence-electron chi connectivity index (χ4n) is 1.54. The number of methoxy groups -OCH3 is 1. The zero-order valence-electron chi connectivity index (χ0n) is 7.32. The molecule has 0 bridgehead atoms. The molecule has 0 aromatic carbocycles. The van der Waals surface area contributed by atoms with Gasteiger partial charge in [-0.05, 0) is 19.4 Å². The summed E-state index contributed by atoms with van der Waals surface area (Å²) in [6.45, 7) is 1.77. The molecule has 0 radical (unpaired) electrons. The lowest BCUT2D eigenvalue weighted by atomic mass is 10.1. The van der Waals surface area contributed by atoms with Gasteiger partial charge in [0.2, 0.25) is 0 Å². The Hall–Kier alpha value is -0.610. The molecule has 0 unspecified atom stereocenters. The summed E-state index contributed by atoms with van der Waals surface area (Å²) >= 11 is 0. The molecule has 1 aliphatic rings. The van der Waals surface area contributed by atoms with Crippen LogP contribution in [0.1, 0.15) is 12.8 Å². The van der Waals surface area contributed by atoms with Crippen molar-refractivity contribution in [1.82, 2.24) is 4.90 Å². The molecule has 1 fully saturated rings. The summed E-state index contributed by atoms with van der Waals surface area (Å²) in [7, 11) is 1.68. The average Bonchev–Trinajstić information content (AvgIpc) is 2.03. The fourth-order valence-corrected chi connectivity index (χ4v) is 1.54. The number of hydrogen-bond acceptors (Lipinski definition) is 3. The van der Waals surface area contributed by atoms with Gasteiger partial charge in [0.1, 0.15) is 0 Å². The van der Waals surface area contributed by atoms with Gasteiger partial charge in [-0.25, -0.2) is 0 Å². The molecule has 1 atom stereocenters. The molecular formula is C8H15NO3. The Labute approximate surface area is 72.1 Å². The Kier molecular flexibility index (Phi) is 3.49. The van der Waals surface area contributed by atoms with E-state index in [1.807, 2.05) is 4.90 Å². The Morgan fingerprint density at radius 2 is 2.50 bits per heavy atom. The first-order valence-electron chi connectivity index (χ1n) is 4.19. The number of carboxylic acids is 1. The van der Waals surface area contributed by atoms with Crippen LogP contribution in [0.25, 0.3) is 0 Å². The largest absolute Gasteiger partial charge is 0.480 e. The molecule has 0 aliphatic carbocycles. The van der Waals surface area contributed by atoms with Crippen molar-refractivity contribution in [3.05, 3.63) is 0 Å². The minimum atomic E-state index is -0.758. The average molecular weight is 173 g/mol. The summed E-state index contributed by atoms with van der Waals surface area (Å²) in [5, 5.41) is 8.54. The molecule has 70 valence electrons. The summed E-state index contributed by atoms with van der Waals surface area (Å²) in [4.78, 5) is 12.3. The van der Waals surface area contributed by atoms with E-state index in [4.69, 9.17) is 9.84 Å². The quantitative estimate of drug-likeness (QED) is 0.661. The molecule has 1 saturated heterocycles. The van der Waals surface area contributed by atoms with Crippen molar-refractivity contribution in [2.24, 2.45) is 0 Å². The molecule has 0 aromatic heterocycles. The standard InChI is InChI=1S/C8H15NO3/c1-12-7-3-2-4-9(5-7)6-8(10)11/h7H,2-6H2,1H3,(H,10,11)/t7-/m1/s1. The molecule has 12 heavy (non-hydrogen) atoms. The van der Waals surface area contributed by atoms with Crippen molar-refractivity contribution in [3.63, 3.8) is 0 Å². The maximum Gasteiger partial charge on any atom is 0.317 e. The van der Waals surface area contributed by atoms with Crippen LogP contribution in [-0.2, 0) is 9.53 Å². The van der Waals surface area contributed by atoms with E-state index < -0.39 is 5.97 Å². The minimum Gasteiger partial charge on any atom is -0.480 e. The van der Waals surface area contributed by atoms with Crippen LogP contribution < -0.4 is 0 Å². The summed E-state index contributed by atoms with van der Waals surface area (Å²) < 4.78 is 5.17. The number of nitrogens with zero attached hydrogens (tertiary/aromatic N) is 1. The van der Waals surface area contributed by atoms with E-state index in [1.54, 1.807) is 7.11 Å². The van der Waals surface area contributed by atoms with E-state index in [0.717, 1.165) is 25.9 Å². The molecule has 0 saturated carbocycles. The van der Waals surface area contributed by atoms with Crippen molar-refractivity contribution in [2.75, 3.05) is 26.7 Å². The molecule has 0 aromatic rings. The second-order valence-electron chi connectivity index (χ2n) is 3.13. The second-order valence-corrected chi connectivity index (χ2v) is 3.13. The Bertz CT molecular complexity index is 160. The lowest BCUT2D eigenvalue weighted by molar-refractivity contribution is -0.139. The normalized spacial score (nSPS) is 25.6. The molecule has 4 heteroatoms. The number of carboxylic acid groups (broad SMARTS) is 1. The van der Waals surface area contributed by atoms with Gasteiger partial charge in [-0.1, -0.05) is 0 Å². The van der Waals surface area contributed by atoms with Crippen LogP contribution in [0.2, 0.25) is 0 Å². The Morgan fingerprint density at radius 3 is 3.08 bits per heavy atom. The van der Waals surface area contributed by atoms with Crippen molar-refractivity contribution in [3.8, 4) is 0 Å². The predicted molar refractivity (Wildman–Crippen MR) is 44.1 cm³/mol.